The molecule has 0 aromatic heterocycles. The minimum atomic E-state index is 0.0469. The van der Waals surface area contributed by atoms with Gasteiger partial charge in [-0.25, -0.2) is 0 Å². The summed E-state index contributed by atoms with van der Waals surface area (Å²) in [6.45, 7) is 2.64. The number of amides is 1. The fraction of sp³-hybridized carbons (Fsp3) is 0.562. The molecule has 1 fully saturated rings. The van der Waals surface area contributed by atoms with E-state index in [1.54, 1.807) is 0 Å². The summed E-state index contributed by atoms with van der Waals surface area (Å²) in [6, 6.07) is 8.79. The maximum atomic E-state index is 11.7. The monoisotopic (exact) mass is 260 g/mol. The van der Waals surface area contributed by atoms with Crippen molar-refractivity contribution in [3.63, 3.8) is 0 Å². The van der Waals surface area contributed by atoms with Gasteiger partial charge >= 0.3 is 0 Å². The van der Waals surface area contributed by atoms with Crippen molar-refractivity contribution in [2.24, 2.45) is 0 Å². The molecule has 19 heavy (non-hydrogen) atoms. The average molecular weight is 260 g/mol. The van der Waals surface area contributed by atoms with E-state index in [2.05, 4.69) is 29.7 Å². The van der Waals surface area contributed by atoms with Gasteiger partial charge in [-0.15, -0.1) is 0 Å². The highest BCUT2D eigenvalue weighted by Crippen LogP contribution is 2.18. The van der Waals surface area contributed by atoms with Crippen molar-refractivity contribution < 1.29 is 4.79 Å². The van der Waals surface area contributed by atoms with Gasteiger partial charge in [-0.1, -0.05) is 31.9 Å². The van der Waals surface area contributed by atoms with Crippen LogP contribution in [0.1, 0.15) is 44.6 Å². The predicted octanol–water partition coefficient (Wildman–Crippen LogP) is 3.11. The molecular weight excluding hydrogens is 236 g/mol. The van der Waals surface area contributed by atoms with Crippen LogP contribution in [0.4, 0.5) is 5.69 Å². The lowest BCUT2D eigenvalue weighted by Crippen LogP contribution is -2.29. The number of benzene rings is 1. The number of carbonyl (C=O) groups is 1. The molecule has 0 spiro atoms. The van der Waals surface area contributed by atoms with Gasteiger partial charge in [-0.2, -0.15) is 0 Å². The summed E-state index contributed by atoms with van der Waals surface area (Å²) in [5.74, 6) is 0.0469. The summed E-state index contributed by atoms with van der Waals surface area (Å²) in [5, 5.41) is 6.13. The SMILES string of the molecule is CCCCCc1ccc(NC(=O)CNC2CC2)cc1. The second kappa shape index (κ2) is 7.29. The van der Waals surface area contributed by atoms with Gasteiger partial charge in [0.25, 0.3) is 0 Å². The fourth-order valence-corrected chi connectivity index (χ4v) is 2.06. The maximum Gasteiger partial charge on any atom is 0.238 e. The molecule has 1 aliphatic carbocycles. The van der Waals surface area contributed by atoms with Crippen LogP contribution >= 0.6 is 0 Å². The van der Waals surface area contributed by atoms with Crippen LogP contribution in [-0.2, 0) is 11.2 Å². The van der Waals surface area contributed by atoms with Gasteiger partial charge in [0.05, 0.1) is 6.54 Å². The van der Waals surface area contributed by atoms with Gasteiger partial charge in [0.1, 0.15) is 0 Å². The lowest BCUT2D eigenvalue weighted by atomic mass is 10.1. The molecule has 104 valence electrons. The van der Waals surface area contributed by atoms with E-state index < -0.39 is 0 Å². The minimum absolute atomic E-state index is 0.0469. The van der Waals surface area contributed by atoms with Gasteiger partial charge in [0, 0.05) is 11.7 Å². The number of anilines is 1. The molecule has 1 aromatic carbocycles. The first kappa shape index (κ1) is 14.1. The third-order valence-corrected chi connectivity index (χ3v) is 3.44. The van der Waals surface area contributed by atoms with Crippen LogP contribution in [0.25, 0.3) is 0 Å². The Labute approximate surface area is 115 Å². The van der Waals surface area contributed by atoms with E-state index >= 15 is 0 Å². The Kier molecular flexibility index (Phi) is 5.40. The molecule has 0 unspecified atom stereocenters. The van der Waals surface area contributed by atoms with Gasteiger partial charge in [0.2, 0.25) is 5.91 Å². The zero-order valence-electron chi connectivity index (χ0n) is 11.7. The first-order valence-corrected chi connectivity index (χ1v) is 7.40. The molecule has 3 nitrogen and oxygen atoms in total. The van der Waals surface area contributed by atoms with Gasteiger partial charge < -0.3 is 10.6 Å². The third-order valence-electron chi connectivity index (χ3n) is 3.44. The smallest absolute Gasteiger partial charge is 0.238 e. The van der Waals surface area contributed by atoms with Crippen molar-refractivity contribution >= 4 is 11.6 Å². The van der Waals surface area contributed by atoms with Crippen LogP contribution in [0.15, 0.2) is 24.3 Å². The molecule has 0 saturated heterocycles. The minimum Gasteiger partial charge on any atom is -0.325 e. The molecular formula is C16H24N2O. The summed E-state index contributed by atoms with van der Waals surface area (Å²) < 4.78 is 0. The van der Waals surface area contributed by atoms with E-state index in [0.29, 0.717) is 12.6 Å². The number of hydrogen-bond acceptors (Lipinski definition) is 2. The molecule has 1 amide bonds. The number of unbranched alkanes of at least 4 members (excludes halogenated alkanes) is 2. The topological polar surface area (TPSA) is 41.1 Å². The second-order valence-electron chi connectivity index (χ2n) is 5.36. The van der Waals surface area contributed by atoms with Crippen molar-refractivity contribution in [2.75, 3.05) is 11.9 Å². The van der Waals surface area contributed by atoms with Crippen LogP contribution in [0, 0.1) is 0 Å². The lowest BCUT2D eigenvalue weighted by Gasteiger charge is -2.07. The molecule has 3 heteroatoms. The van der Waals surface area contributed by atoms with Crippen LogP contribution in [-0.4, -0.2) is 18.5 Å². The van der Waals surface area contributed by atoms with Crippen LogP contribution < -0.4 is 10.6 Å². The normalized spacial score (nSPS) is 14.4. The summed E-state index contributed by atoms with van der Waals surface area (Å²) in [5.41, 5.74) is 2.24. The number of rotatable bonds is 8. The summed E-state index contributed by atoms with van der Waals surface area (Å²) in [4.78, 5) is 11.7. The van der Waals surface area contributed by atoms with Crippen LogP contribution in [0.3, 0.4) is 0 Å². The second-order valence-corrected chi connectivity index (χ2v) is 5.36. The van der Waals surface area contributed by atoms with Crippen molar-refractivity contribution in [1.82, 2.24) is 5.32 Å². The fourth-order valence-electron chi connectivity index (χ4n) is 2.06. The molecule has 1 aliphatic rings. The van der Waals surface area contributed by atoms with Crippen LogP contribution in [0.2, 0.25) is 0 Å². The van der Waals surface area contributed by atoms with E-state index in [4.69, 9.17) is 0 Å². The number of nitrogens with one attached hydrogen (secondary N) is 2. The Morgan fingerprint density at radius 3 is 2.58 bits per heavy atom. The van der Waals surface area contributed by atoms with Crippen molar-refractivity contribution in [3.8, 4) is 0 Å². The zero-order valence-corrected chi connectivity index (χ0v) is 11.7. The number of hydrogen-bond donors (Lipinski definition) is 2. The highest BCUT2D eigenvalue weighted by Gasteiger charge is 2.20. The Morgan fingerprint density at radius 1 is 1.21 bits per heavy atom. The molecule has 1 aromatic rings. The van der Waals surface area contributed by atoms with Gasteiger partial charge in [-0.3, -0.25) is 4.79 Å². The largest absolute Gasteiger partial charge is 0.325 e. The Hall–Kier alpha value is -1.35. The van der Waals surface area contributed by atoms with E-state index in [0.717, 1.165) is 12.1 Å². The highest BCUT2D eigenvalue weighted by atomic mass is 16.1. The Morgan fingerprint density at radius 2 is 1.95 bits per heavy atom. The average Bonchev–Trinajstić information content (AvgIpc) is 3.23. The summed E-state index contributed by atoms with van der Waals surface area (Å²) in [6.07, 6.45) is 7.33. The lowest BCUT2D eigenvalue weighted by molar-refractivity contribution is -0.115. The van der Waals surface area contributed by atoms with E-state index in [1.165, 1.54) is 37.7 Å². The Bertz CT molecular complexity index is 396. The molecule has 0 atom stereocenters. The molecule has 2 N–H and O–H groups in total. The van der Waals surface area contributed by atoms with Crippen LogP contribution in [0.5, 0.6) is 0 Å². The predicted molar refractivity (Wildman–Crippen MR) is 79.3 cm³/mol. The maximum absolute atomic E-state index is 11.7. The van der Waals surface area contributed by atoms with Crippen molar-refractivity contribution in [3.05, 3.63) is 29.8 Å². The third kappa shape index (κ3) is 5.43. The summed E-state index contributed by atoms with van der Waals surface area (Å²) >= 11 is 0. The molecule has 0 bridgehead atoms. The molecule has 0 heterocycles. The Balaban J connectivity index is 1.72. The standard InChI is InChI=1S/C16H24N2O/c1-2-3-4-5-13-6-8-15(9-7-13)18-16(19)12-17-14-10-11-14/h6-9,14,17H,2-5,10-12H2,1H3,(H,18,19). The van der Waals surface area contributed by atoms with Gasteiger partial charge in [0.15, 0.2) is 0 Å². The molecule has 0 aliphatic heterocycles. The quantitative estimate of drug-likeness (QED) is 0.705. The van der Waals surface area contributed by atoms with E-state index in [1.807, 2.05) is 12.1 Å². The summed E-state index contributed by atoms with van der Waals surface area (Å²) in [7, 11) is 0. The van der Waals surface area contributed by atoms with E-state index in [-0.39, 0.29) is 5.91 Å². The zero-order chi connectivity index (χ0) is 13.5. The van der Waals surface area contributed by atoms with Crippen molar-refractivity contribution in [2.45, 2.75) is 51.5 Å². The van der Waals surface area contributed by atoms with E-state index in [9.17, 15) is 4.79 Å². The molecule has 0 radical (unpaired) electrons. The molecule has 2 rings (SSSR count). The highest BCUT2D eigenvalue weighted by molar-refractivity contribution is 5.92. The first-order valence-electron chi connectivity index (χ1n) is 7.40. The number of carbonyl (C=O) groups excluding carboxylic acids is 1. The van der Waals surface area contributed by atoms with Gasteiger partial charge in [-0.05, 0) is 43.4 Å². The molecule has 1 saturated carbocycles. The first-order chi connectivity index (χ1) is 9.28. The number of aryl methyl sites for hydroxylation is 1. The van der Waals surface area contributed by atoms with Crippen molar-refractivity contribution in [1.29, 1.82) is 0 Å².